The van der Waals surface area contributed by atoms with Crippen LogP contribution in [0.1, 0.15) is 37.7 Å². The van der Waals surface area contributed by atoms with Gasteiger partial charge in [0.2, 0.25) is 5.91 Å². The van der Waals surface area contributed by atoms with E-state index < -0.39 is 0 Å². The van der Waals surface area contributed by atoms with Gasteiger partial charge in [-0.15, -0.1) is 0 Å². The highest BCUT2D eigenvalue weighted by Crippen LogP contribution is 2.48. The van der Waals surface area contributed by atoms with Crippen LogP contribution in [-0.2, 0) is 10.3 Å². The van der Waals surface area contributed by atoms with E-state index in [1.807, 2.05) is 18.2 Å². The average molecular weight is 279 g/mol. The Labute approximate surface area is 118 Å². The molecular formula is C15H19ClN2O. The maximum atomic E-state index is 11.4. The van der Waals surface area contributed by atoms with Gasteiger partial charge in [0.15, 0.2) is 0 Å². The van der Waals surface area contributed by atoms with Gasteiger partial charge in [-0.05, 0) is 37.3 Å². The fourth-order valence-corrected chi connectivity index (χ4v) is 3.24. The zero-order valence-electron chi connectivity index (χ0n) is 10.9. The Balaban J connectivity index is 1.72. The summed E-state index contributed by atoms with van der Waals surface area (Å²) in [6.07, 6.45) is 4.80. The smallest absolute Gasteiger partial charge is 0.220 e. The molecule has 1 aliphatic heterocycles. The van der Waals surface area contributed by atoms with Crippen LogP contribution in [0, 0.1) is 0 Å². The predicted octanol–water partition coefficient (Wildman–Crippen LogP) is 2.59. The van der Waals surface area contributed by atoms with Gasteiger partial charge in [0.05, 0.1) is 0 Å². The van der Waals surface area contributed by atoms with Crippen molar-refractivity contribution in [1.82, 2.24) is 10.6 Å². The Morgan fingerprint density at radius 2 is 2.05 bits per heavy atom. The molecule has 4 heteroatoms. The lowest BCUT2D eigenvalue weighted by Gasteiger charge is -2.25. The van der Waals surface area contributed by atoms with Crippen molar-refractivity contribution < 1.29 is 4.79 Å². The molecule has 3 rings (SSSR count). The summed E-state index contributed by atoms with van der Waals surface area (Å²) in [5.41, 5.74) is 1.26. The van der Waals surface area contributed by atoms with Gasteiger partial charge in [-0.2, -0.15) is 0 Å². The number of amides is 1. The van der Waals surface area contributed by atoms with E-state index in [9.17, 15) is 4.79 Å². The molecule has 0 bridgehead atoms. The van der Waals surface area contributed by atoms with Crippen LogP contribution in [0.25, 0.3) is 0 Å². The highest BCUT2D eigenvalue weighted by Gasteiger charge is 2.46. The van der Waals surface area contributed by atoms with Gasteiger partial charge in [-0.1, -0.05) is 29.8 Å². The summed E-state index contributed by atoms with van der Waals surface area (Å²) >= 11 is 6.32. The lowest BCUT2D eigenvalue weighted by atomic mass is 10.0. The molecule has 2 N–H and O–H groups in total. The van der Waals surface area contributed by atoms with Crippen LogP contribution in [-0.4, -0.2) is 18.5 Å². The molecule has 19 heavy (non-hydrogen) atoms. The largest absolute Gasteiger partial charge is 0.356 e. The first-order valence-corrected chi connectivity index (χ1v) is 7.37. The van der Waals surface area contributed by atoms with Crippen LogP contribution in [0.3, 0.4) is 0 Å². The van der Waals surface area contributed by atoms with Crippen molar-refractivity contribution in [3.63, 3.8) is 0 Å². The molecule has 2 aliphatic rings. The molecular weight excluding hydrogens is 260 g/mol. The van der Waals surface area contributed by atoms with E-state index in [0.717, 1.165) is 37.3 Å². The Kier molecular flexibility index (Phi) is 3.50. The highest BCUT2D eigenvalue weighted by molar-refractivity contribution is 6.31. The zero-order chi connectivity index (χ0) is 13.3. The molecule has 1 aliphatic carbocycles. The molecule has 2 fully saturated rings. The Morgan fingerprint density at radius 3 is 2.79 bits per heavy atom. The third kappa shape index (κ3) is 2.77. The summed E-state index contributed by atoms with van der Waals surface area (Å²) in [7, 11) is 0. The summed E-state index contributed by atoms with van der Waals surface area (Å²) in [5, 5.41) is 7.52. The second-order valence-corrected chi connectivity index (χ2v) is 5.99. The maximum absolute atomic E-state index is 11.4. The summed E-state index contributed by atoms with van der Waals surface area (Å²) in [5.74, 6) is 0.173. The summed E-state index contributed by atoms with van der Waals surface area (Å²) in [6, 6.07) is 8.48. The first kappa shape index (κ1) is 12.9. The second kappa shape index (κ2) is 5.14. The topological polar surface area (TPSA) is 41.1 Å². The SMILES string of the molecule is O=C1CC[C@H](NC2(c3ccccc3Cl)CC2)CCN1. The number of carbonyl (C=O) groups is 1. The van der Waals surface area contributed by atoms with Crippen LogP contribution in [0.15, 0.2) is 24.3 Å². The minimum absolute atomic E-state index is 0.0520. The average Bonchev–Trinajstić information content (AvgIpc) is 3.18. The Morgan fingerprint density at radius 1 is 1.26 bits per heavy atom. The molecule has 1 saturated carbocycles. The number of hydrogen-bond donors (Lipinski definition) is 2. The van der Waals surface area contributed by atoms with E-state index in [0.29, 0.717) is 12.5 Å². The molecule has 1 saturated heterocycles. The number of hydrogen-bond acceptors (Lipinski definition) is 2. The van der Waals surface area contributed by atoms with Crippen molar-refractivity contribution in [2.45, 2.75) is 43.7 Å². The molecule has 0 radical (unpaired) electrons. The van der Waals surface area contributed by atoms with Crippen molar-refractivity contribution in [3.05, 3.63) is 34.9 Å². The molecule has 1 aromatic carbocycles. The number of benzene rings is 1. The van der Waals surface area contributed by atoms with E-state index in [1.54, 1.807) is 0 Å². The van der Waals surface area contributed by atoms with Crippen molar-refractivity contribution in [1.29, 1.82) is 0 Å². The fourth-order valence-electron chi connectivity index (χ4n) is 2.92. The van der Waals surface area contributed by atoms with Crippen molar-refractivity contribution >= 4 is 17.5 Å². The monoisotopic (exact) mass is 278 g/mol. The maximum Gasteiger partial charge on any atom is 0.220 e. The lowest BCUT2D eigenvalue weighted by molar-refractivity contribution is -0.120. The lowest BCUT2D eigenvalue weighted by Crippen LogP contribution is -2.39. The molecule has 1 atom stereocenters. The van der Waals surface area contributed by atoms with E-state index >= 15 is 0 Å². The van der Waals surface area contributed by atoms with Crippen LogP contribution < -0.4 is 10.6 Å². The normalized spacial score (nSPS) is 25.5. The zero-order valence-corrected chi connectivity index (χ0v) is 11.7. The minimum Gasteiger partial charge on any atom is -0.356 e. The molecule has 1 aromatic rings. The minimum atomic E-state index is 0.0520. The quantitative estimate of drug-likeness (QED) is 0.892. The van der Waals surface area contributed by atoms with Crippen molar-refractivity contribution in [3.8, 4) is 0 Å². The van der Waals surface area contributed by atoms with Crippen LogP contribution >= 0.6 is 11.6 Å². The summed E-state index contributed by atoms with van der Waals surface area (Å²) < 4.78 is 0. The predicted molar refractivity (Wildman–Crippen MR) is 76.1 cm³/mol. The highest BCUT2D eigenvalue weighted by atomic mass is 35.5. The fraction of sp³-hybridized carbons (Fsp3) is 0.533. The van der Waals surface area contributed by atoms with Gasteiger partial charge in [-0.3, -0.25) is 4.79 Å². The summed E-state index contributed by atoms with van der Waals surface area (Å²) in [6.45, 7) is 0.773. The van der Waals surface area contributed by atoms with Gasteiger partial charge in [-0.25, -0.2) is 0 Å². The molecule has 3 nitrogen and oxygen atoms in total. The van der Waals surface area contributed by atoms with Gasteiger partial charge < -0.3 is 10.6 Å². The first-order valence-electron chi connectivity index (χ1n) is 6.99. The standard InChI is InChI=1S/C15H19ClN2O/c16-13-4-2-1-3-12(13)15(8-9-15)18-11-5-6-14(19)17-10-7-11/h1-4,11,18H,5-10H2,(H,17,19)/t11-/m0/s1. The third-order valence-electron chi connectivity index (χ3n) is 4.15. The third-order valence-corrected chi connectivity index (χ3v) is 4.48. The first-order chi connectivity index (χ1) is 9.20. The van der Waals surface area contributed by atoms with Crippen molar-refractivity contribution in [2.75, 3.05) is 6.54 Å². The van der Waals surface area contributed by atoms with Gasteiger partial charge in [0.1, 0.15) is 0 Å². The van der Waals surface area contributed by atoms with Crippen LogP contribution in [0.2, 0.25) is 5.02 Å². The molecule has 0 aromatic heterocycles. The molecule has 0 spiro atoms. The van der Waals surface area contributed by atoms with Gasteiger partial charge in [0, 0.05) is 29.6 Å². The Bertz CT molecular complexity index is 485. The summed E-state index contributed by atoms with van der Waals surface area (Å²) in [4.78, 5) is 11.4. The van der Waals surface area contributed by atoms with E-state index in [2.05, 4.69) is 16.7 Å². The number of nitrogens with one attached hydrogen (secondary N) is 2. The number of halogens is 1. The second-order valence-electron chi connectivity index (χ2n) is 5.58. The van der Waals surface area contributed by atoms with Crippen LogP contribution in [0.4, 0.5) is 0 Å². The molecule has 1 heterocycles. The number of carbonyl (C=O) groups excluding carboxylic acids is 1. The van der Waals surface area contributed by atoms with E-state index in [4.69, 9.17) is 11.6 Å². The van der Waals surface area contributed by atoms with Gasteiger partial charge in [0.25, 0.3) is 0 Å². The Hall–Kier alpha value is -1.06. The molecule has 102 valence electrons. The van der Waals surface area contributed by atoms with E-state index in [-0.39, 0.29) is 11.4 Å². The van der Waals surface area contributed by atoms with E-state index in [1.165, 1.54) is 5.56 Å². The van der Waals surface area contributed by atoms with Crippen molar-refractivity contribution in [2.24, 2.45) is 0 Å². The van der Waals surface area contributed by atoms with Gasteiger partial charge >= 0.3 is 0 Å². The number of rotatable bonds is 3. The molecule has 0 unspecified atom stereocenters. The van der Waals surface area contributed by atoms with Crippen LogP contribution in [0.5, 0.6) is 0 Å². The molecule has 1 amide bonds.